The molecule has 1 fully saturated rings. The molecule has 1 saturated carbocycles. The number of benzene rings is 2. The zero-order valence-electron chi connectivity index (χ0n) is 18.7. The van der Waals surface area contributed by atoms with Crippen molar-refractivity contribution in [3.05, 3.63) is 69.2 Å². The molecule has 8 heteroatoms. The molecule has 2 aromatic carbocycles. The fourth-order valence-corrected chi connectivity index (χ4v) is 4.31. The minimum Gasteiger partial charge on any atom is -0.478 e. The molecular formula is C25H26ClN3O4. The second kappa shape index (κ2) is 10.2. The Kier molecular flexibility index (Phi) is 7.08. The lowest BCUT2D eigenvalue weighted by atomic mass is 9.88. The number of rotatable bonds is 6. The predicted molar refractivity (Wildman–Crippen MR) is 128 cm³/mol. The van der Waals surface area contributed by atoms with Gasteiger partial charge in [0.1, 0.15) is 11.6 Å². The van der Waals surface area contributed by atoms with Gasteiger partial charge in [0.25, 0.3) is 5.56 Å². The zero-order valence-corrected chi connectivity index (χ0v) is 19.4. The van der Waals surface area contributed by atoms with Gasteiger partial charge in [-0.15, -0.1) is 0 Å². The Hall–Kier alpha value is -3.19. The average Bonchev–Trinajstić information content (AvgIpc) is 2.84. The topological polar surface area (TPSA) is 82.8 Å². The van der Waals surface area contributed by atoms with Crippen molar-refractivity contribution in [1.29, 1.82) is 0 Å². The molecule has 0 amide bonds. The maximum absolute atomic E-state index is 13.4. The lowest BCUT2D eigenvalue weighted by Crippen LogP contribution is -2.26. The van der Waals surface area contributed by atoms with Crippen LogP contribution in [-0.2, 0) is 9.53 Å². The highest BCUT2D eigenvalue weighted by Crippen LogP contribution is 2.32. The van der Waals surface area contributed by atoms with Crippen LogP contribution < -0.4 is 10.3 Å². The number of nitrogens with zero attached hydrogens (tertiary/aromatic N) is 3. The molecule has 172 valence electrons. The van der Waals surface area contributed by atoms with Gasteiger partial charge in [0, 0.05) is 16.5 Å². The second-order valence-electron chi connectivity index (χ2n) is 8.15. The Balaban J connectivity index is 1.78. The highest BCUT2D eigenvalue weighted by atomic mass is 35.5. The van der Waals surface area contributed by atoms with Crippen molar-refractivity contribution in [3.63, 3.8) is 0 Å². The number of ether oxygens (including phenoxy) is 2. The van der Waals surface area contributed by atoms with Gasteiger partial charge in [-0.3, -0.25) is 4.79 Å². The molecule has 0 N–H and O–H groups in total. The van der Waals surface area contributed by atoms with E-state index in [9.17, 15) is 9.59 Å². The summed E-state index contributed by atoms with van der Waals surface area (Å²) in [4.78, 5) is 30.0. The van der Waals surface area contributed by atoms with Crippen molar-refractivity contribution in [1.82, 2.24) is 9.66 Å². The Labute approximate surface area is 197 Å². The molecule has 0 aliphatic heterocycles. The van der Waals surface area contributed by atoms with Crippen LogP contribution in [0.15, 0.2) is 52.4 Å². The third-order valence-corrected chi connectivity index (χ3v) is 6.11. The van der Waals surface area contributed by atoms with Crippen LogP contribution in [0.3, 0.4) is 0 Å². The van der Waals surface area contributed by atoms with E-state index >= 15 is 0 Å². The summed E-state index contributed by atoms with van der Waals surface area (Å²) in [5.74, 6) is 0.745. The fourth-order valence-electron chi connectivity index (χ4n) is 4.13. The summed E-state index contributed by atoms with van der Waals surface area (Å²) in [6, 6.07) is 12.3. The molecule has 1 aromatic heterocycles. The first-order chi connectivity index (χ1) is 16.0. The molecule has 1 aliphatic rings. The van der Waals surface area contributed by atoms with E-state index in [0.29, 0.717) is 33.1 Å². The van der Waals surface area contributed by atoms with E-state index in [-0.39, 0.29) is 11.5 Å². The molecule has 0 radical (unpaired) electrons. The molecule has 0 spiro atoms. The number of halogens is 1. The van der Waals surface area contributed by atoms with Crippen molar-refractivity contribution in [3.8, 4) is 5.75 Å². The molecule has 1 atom stereocenters. The van der Waals surface area contributed by atoms with E-state index in [2.05, 4.69) is 5.10 Å². The van der Waals surface area contributed by atoms with E-state index in [4.69, 9.17) is 26.1 Å². The van der Waals surface area contributed by atoms with Crippen LogP contribution in [0.4, 0.5) is 0 Å². The highest BCUT2D eigenvalue weighted by Gasteiger charge is 2.22. The number of hydrogen-bond acceptors (Lipinski definition) is 6. The van der Waals surface area contributed by atoms with Gasteiger partial charge >= 0.3 is 5.97 Å². The number of esters is 1. The van der Waals surface area contributed by atoms with Crippen LogP contribution in [0, 0.1) is 0 Å². The molecular weight excluding hydrogens is 442 g/mol. The summed E-state index contributed by atoms with van der Waals surface area (Å²) < 4.78 is 11.9. The fraction of sp³-hybridized carbons (Fsp3) is 0.360. The number of carbonyl (C=O) groups excluding carboxylic acids is 1. The van der Waals surface area contributed by atoms with Crippen molar-refractivity contribution in [2.75, 3.05) is 7.11 Å². The number of aromatic nitrogens is 2. The van der Waals surface area contributed by atoms with E-state index < -0.39 is 12.1 Å². The lowest BCUT2D eigenvalue weighted by Gasteiger charge is -2.22. The number of fused-ring (bicyclic) bond motifs is 1. The van der Waals surface area contributed by atoms with Gasteiger partial charge in [0.2, 0.25) is 0 Å². The first-order valence-corrected chi connectivity index (χ1v) is 11.5. The molecule has 3 aromatic rings. The third kappa shape index (κ3) is 5.09. The maximum atomic E-state index is 13.4. The van der Waals surface area contributed by atoms with Gasteiger partial charge in [0.05, 0.1) is 24.2 Å². The van der Waals surface area contributed by atoms with E-state index in [1.54, 1.807) is 31.2 Å². The van der Waals surface area contributed by atoms with Gasteiger partial charge in [-0.2, -0.15) is 9.78 Å². The Bertz CT molecular complexity index is 1250. The summed E-state index contributed by atoms with van der Waals surface area (Å²) >= 11 is 6.20. The van der Waals surface area contributed by atoms with Crippen LogP contribution in [0.25, 0.3) is 10.9 Å². The maximum Gasteiger partial charge on any atom is 0.346 e. The van der Waals surface area contributed by atoms with Gasteiger partial charge < -0.3 is 9.47 Å². The van der Waals surface area contributed by atoms with E-state index in [0.717, 1.165) is 25.7 Å². The summed E-state index contributed by atoms with van der Waals surface area (Å²) in [5.41, 5.74) is 0.992. The van der Waals surface area contributed by atoms with E-state index in [1.165, 1.54) is 24.4 Å². The number of hydrogen-bond donors (Lipinski definition) is 0. The quantitative estimate of drug-likeness (QED) is 0.379. The smallest absolute Gasteiger partial charge is 0.346 e. The largest absolute Gasteiger partial charge is 0.478 e. The minimum absolute atomic E-state index is 0.169. The van der Waals surface area contributed by atoms with Gasteiger partial charge in [-0.05, 0) is 50.1 Å². The standard InChI is InChI=1S/C25H26ClN3O4/c1-16(25(31)32-2)33-22-13-12-19(26)14-18(22)15-27-29-23(17-8-4-3-5-9-17)28-21-11-7-6-10-20(21)24(29)30/h6-7,10-17H,3-5,8-9H2,1-2H3/t16-/m1/s1. The molecule has 4 rings (SSSR count). The van der Waals surface area contributed by atoms with Crippen LogP contribution in [0.1, 0.15) is 56.3 Å². The normalized spacial score (nSPS) is 15.6. The molecule has 0 unspecified atom stereocenters. The number of para-hydroxylation sites is 1. The number of methoxy groups -OCH3 is 1. The van der Waals surface area contributed by atoms with Crippen molar-refractivity contribution >= 4 is 34.7 Å². The molecule has 1 aliphatic carbocycles. The summed E-state index contributed by atoms with van der Waals surface area (Å²) in [5, 5.41) is 5.53. The Morgan fingerprint density at radius 2 is 1.97 bits per heavy atom. The summed E-state index contributed by atoms with van der Waals surface area (Å²) in [7, 11) is 1.30. The van der Waals surface area contributed by atoms with Crippen molar-refractivity contribution < 1.29 is 14.3 Å². The molecule has 0 saturated heterocycles. The van der Waals surface area contributed by atoms with Crippen LogP contribution in [0.5, 0.6) is 5.75 Å². The van der Waals surface area contributed by atoms with E-state index in [1.807, 2.05) is 18.2 Å². The minimum atomic E-state index is -0.814. The second-order valence-corrected chi connectivity index (χ2v) is 8.59. The monoisotopic (exact) mass is 467 g/mol. The Morgan fingerprint density at radius 3 is 2.73 bits per heavy atom. The van der Waals surface area contributed by atoms with Crippen LogP contribution >= 0.6 is 11.6 Å². The summed E-state index contributed by atoms with van der Waals surface area (Å²) in [6.45, 7) is 1.60. The SMILES string of the molecule is COC(=O)[C@@H](C)Oc1ccc(Cl)cc1C=Nn1c(C2CCCCC2)nc2ccccc2c1=O. The molecule has 1 heterocycles. The van der Waals surface area contributed by atoms with Crippen molar-refractivity contribution in [2.24, 2.45) is 5.10 Å². The molecule has 33 heavy (non-hydrogen) atoms. The van der Waals surface area contributed by atoms with Crippen LogP contribution in [-0.4, -0.2) is 35.1 Å². The lowest BCUT2D eigenvalue weighted by molar-refractivity contribution is -0.147. The van der Waals surface area contributed by atoms with Gasteiger partial charge in [0.15, 0.2) is 6.10 Å². The first kappa shape index (κ1) is 23.0. The van der Waals surface area contributed by atoms with Gasteiger partial charge in [-0.1, -0.05) is 43.0 Å². The zero-order chi connectivity index (χ0) is 23.4. The first-order valence-electron chi connectivity index (χ1n) is 11.1. The third-order valence-electron chi connectivity index (χ3n) is 5.87. The Morgan fingerprint density at radius 1 is 1.21 bits per heavy atom. The van der Waals surface area contributed by atoms with Crippen LogP contribution in [0.2, 0.25) is 5.02 Å². The molecule has 0 bridgehead atoms. The molecule has 7 nitrogen and oxygen atoms in total. The average molecular weight is 468 g/mol. The highest BCUT2D eigenvalue weighted by molar-refractivity contribution is 6.30. The van der Waals surface area contributed by atoms with Crippen molar-refractivity contribution in [2.45, 2.75) is 51.0 Å². The number of carbonyl (C=O) groups is 1. The predicted octanol–water partition coefficient (Wildman–Crippen LogP) is 4.92. The summed E-state index contributed by atoms with van der Waals surface area (Å²) in [6.07, 6.45) is 6.06. The van der Waals surface area contributed by atoms with Gasteiger partial charge in [-0.25, -0.2) is 9.78 Å².